The minimum absolute atomic E-state index is 0.0672. The molecule has 0 aliphatic heterocycles. The summed E-state index contributed by atoms with van der Waals surface area (Å²) in [4.78, 5) is 23.2. The lowest BCUT2D eigenvalue weighted by atomic mass is 10.2. The molecule has 23 heavy (non-hydrogen) atoms. The fourth-order valence-electron chi connectivity index (χ4n) is 1.69. The molecule has 2 N–H and O–H groups in total. The summed E-state index contributed by atoms with van der Waals surface area (Å²) in [6.07, 6.45) is 0.284. The Morgan fingerprint density at radius 2 is 1.70 bits per heavy atom. The summed E-state index contributed by atoms with van der Waals surface area (Å²) in [5.74, 6) is -1.19. The van der Waals surface area contributed by atoms with E-state index in [1.165, 1.54) is 48.2 Å². The number of carboxylic acid groups (broad SMARTS) is 1. The summed E-state index contributed by atoms with van der Waals surface area (Å²) in [6, 6.07) is 11.9. The Morgan fingerprint density at radius 3 is 2.30 bits per heavy atom. The zero-order valence-electron chi connectivity index (χ0n) is 12.0. The van der Waals surface area contributed by atoms with Gasteiger partial charge in [0.15, 0.2) is 0 Å². The van der Waals surface area contributed by atoms with Gasteiger partial charge in [0, 0.05) is 17.1 Å². The highest BCUT2D eigenvalue weighted by Crippen LogP contribution is 2.18. The summed E-state index contributed by atoms with van der Waals surface area (Å²) >= 11 is 1.46. The number of halogens is 1. The van der Waals surface area contributed by atoms with Crippen LogP contribution in [-0.2, 0) is 4.79 Å². The van der Waals surface area contributed by atoms with Crippen LogP contribution >= 0.6 is 11.8 Å². The van der Waals surface area contributed by atoms with E-state index in [4.69, 9.17) is 0 Å². The molecular formula is C16H14FN2O3S-. The fraction of sp³-hybridized carbons (Fsp3) is 0.125. The number of hydrogen-bond acceptors (Lipinski definition) is 5. The van der Waals surface area contributed by atoms with Gasteiger partial charge < -0.3 is 9.90 Å². The standard InChI is InChI=1S/C16H15FN2O3S/c17-12-3-7-14(8-4-12)23-10-9-15(20)19-18-13-5-1-11(2-6-13)16(21)22/h1-8,18H,9-10H2,(H,19,20)(H,21,22)/p-1. The molecule has 0 saturated carbocycles. The molecule has 0 fully saturated rings. The molecule has 0 atom stereocenters. The number of benzene rings is 2. The maximum Gasteiger partial charge on any atom is 0.239 e. The van der Waals surface area contributed by atoms with Crippen molar-refractivity contribution >= 4 is 29.3 Å². The van der Waals surface area contributed by atoms with Crippen LogP contribution in [0.15, 0.2) is 53.4 Å². The van der Waals surface area contributed by atoms with Gasteiger partial charge in [-0.15, -0.1) is 11.8 Å². The van der Waals surface area contributed by atoms with E-state index in [-0.39, 0.29) is 23.7 Å². The molecular weight excluding hydrogens is 319 g/mol. The predicted molar refractivity (Wildman–Crippen MR) is 84.3 cm³/mol. The van der Waals surface area contributed by atoms with E-state index in [2.05, 4.69) is 10.9 Å². The molecule has 5 nitrogen and oxygen atoms in total. The van der Waals surface area contributed by atoms with E-state index in [1.807, 2.05) is 0 Å². The van der Waals surface area contributed by atoms with Crippen LogP contribution in [0.2, 0.25) is 0 Å². The second kappa shape index (κ2) is 8.19. The third-order valence-corrected chi connectivity index (χ3v) is 3.89. The lowest BCUT2D eigenvalue weighted by Gasteiger charge is -2.09. The Hall–Kier alpha value is -2.54. The number of carbonyl (C=O) groups excluding carboxylic acids is 2. The average molecular weight is 333 g/mol. The van der Waals surface area contributed by atoms with Gasteiger partial charge in [0.1, 0.15) is 5.82 Å². The van der Waals surface area contributed by atoms with Crippen LogP contribution in [-0.4, -0.2) is 17.6 Å². The van der Waals surface area contributed by atoms with Crippen molar-refractivity contribution in [1.82, 2.24) is 5.43 Å². The molecule has 0 saturated heterocycles. The third kappa shape index (κ3) is 5.63. The van der Waals surface area contributed by atoms with Crippen LogP contribution in [0.5, 0.6) is 0 Å². The van der Waals surface area contributed by atoms with Gasteiger partial charge in [0.05, 0.1) is 11.7 Å². The molecule has 0 radical (unpaired) electrons. The van der Waals surface area contributed by atoms with E-state index in [9.17, 15) is 19.1 Å². The lowest BCUT2D eigenvalue weighted by molar-refractivity contribution is -0.255. The van der Waals surface area contributed by atoms with Crippen LogP contribution in [0.4, 0.5) is 10.1 Å². The highest BCUT2D eigenvalue weighted by atomic mass is 32.2. The first kappa shape index (κ1) is 16.8. The molecule has 0 aliphatic rings. The Bertz CT molecular complexity index is 675. The smallest absolute Gasteiger partial charge is 0.239 e. The van der Waals surface area contributed by atoms with Gasteiger partial charge in [0.2, 0.25) is 5.91 Å². The van der Waals surface area contributed by atoms with Crippen molar-refractivity contribution in [3.8, 4) is 0 Å². The highest BCUT2D eigenvalue weighted by molar-refractivity contribution is 7.99. The number of thioether (sulfide) groups is 1. The number of nitrogens with one attached hydrogen (secondary N) is 2. The van der Waals surface area contributed by atoms with Crippen molar-refractivity contribution in [2.24, 2.45) is 0 Å². The first-order chi connectivity index (χ1) is 11.0. The van der Waals surface area contributed by atoms with Crippen molar-refractivity contribution in [3.63, 3.8) is 0 Å². The number of carboxylic acids is 1. The summed E-state index contributed by atoms with van der Waals surface area (Å²) in [5, 5.41) is 10.6. The van der Waals surface area contributed by atoms with E-state index in [0.717, 1.165) is 4.90 Å². The Kier molecular flexibility index (Phi) is 5.99. The lowest BCUT2D eigenvalue weighted by Crippen LogP contribution is -2.29. The summed E-state index contributed by atoms with van der Waals surface area (Å²) in [6.45, 7) is 0. The van der Waals surface area contributed by atoms with Crippen molar-refractivity contribution < 1.29 is 19.1 Å². The van der Waals surface area contributed by atoms with Crippen molar-refractivity contribution in [1.29, 1.82) is 0 Å². The molecule has 0 aliphatic carbocycles. The Labute approximate surface area is 136 Å². The maximum atomic E-state index is 12.8. The number of rotatable bonds is 7. The second-order valence-electron chi connectivity index (χ2n) is 4.59. The molecule has 0 heterocycles. The van der Waals surface area contributed by atoms with Gasteiger partial charge in [-0.3, -0.25) is 15.6 Å². The Morgan fingerprint density at radius 1 is 1.04 bits per heavy atom. The van der Waals surface area contributed by atoms with Gasteiger partial charge in [-0.1, -0.05) is 12.1 Å². The average Bonchev–Trinajstić information content (AvgIpc) is 2.55. The maximum absolute atomic E-state index is 12.8. The summed E-state index contributed by atoms with van der Waals surface area (Å²) in [5.41, 5.74) is 5.84. The first-order valence-electron chi connectivity index (χ1n) is 6.79. The van der Waals surface area contributed by atoms with Gasteiger partial charge in [-0.2, -0.15) is 0 Å². The molecule has 2 rings (SSSR count). The van der Waals surface area contributed by atoms with Crippen molar-refractivity contribution in [3.05, 3.63) is 59.9 Å². The molecule has 1 amide bonds. The number of amides is 1. The van der Waals surface area contributed by atoms with Gasteiger partial charge in [0.25, 0.3) is 0 Å². The van der Waals surface area contributed by atoms with Crippen molar-refractivity contribution in [2.75, 3.05) is 11.2 Å². The number of hydrogen-bond donors (Lipinski definition) is 2. The molecule has 0 bridgehead atoms. The summed E-state index contributed by atoms with van der Waals surface area (Å²) < 4.78 is 12.8. The largest absolute Gasteiger partial charge is 0.545 e. The molecule has 120 valence electrons. The SMILES string of the molecule is O=C(CCSc1ccc(F)cc1)NNc1ccc(C(=O)[O-])cc1. The zero-order valence-corrected chi connectivity index (χ0v) is 12.9. The van der Waals surface area contributed by atoms with E-state index < -0.39 is 5.97 Å². The van der Waals surface area contributed by atoms with Gasteiger partial charge in [-0.25, -0.2) is 4.39 Å². The minimum Gasteiger partial charge on any atom is -0.545 e. The van der Waals surface area contributed by atoms with E-state index in [0.29, 0.717) is 11.4 Å². The second-order valence-corrected chi connectivity index (χ2v) is 5.76. The Balaban J connectivity index is 1.70. The monoisotopic (exact) mass is 333 g/mol. The van der Waals surface area contributed by atoms with Crippen molar-refractivity contribution in [2.45, 2.75) is 11.3 Å². The highest BCUT2D eigenvalue weighted by Gasteiger charge is 2.02. The zero-order chi connectivity index (χ0) is 16.7. The number of hydrazine groups is 1. The van der Waals surface area contributed by atoms with Crippen LogP contribution < -0.4 is 16.0 Å². The number of aromatic carboxylic acids is 1. The van der Waals surface area contributed by atoms with Crippen LogP contribution in [0.3, 0.4) is 0 Å². The van der Waals surface area contributed by atoms with E-state index >= 15 is 0 Å². The quantitative estimate of drug-likeness (QED) is 0.597. The van der Waals surface area contributed by atoms with Crippen LogP contribution in [0.1, 0.15) is 16.8 Å². The normalized spacial score (nSPS) is 10.1. The number of carbonyl (C=O) groups is 2. The summed E-state index contributed by atoms with van der Waals surface area (Å²) in [7, 11) is 0. The number of anilines is 1. The molecule has 0 aromatic heterocycles. The van der Waals surface area contributed by atoms with E-state index in [1.54, 1.807) is 12.1 Å². The first-order valence-corrected chi connectivity index (χ1v) is 7.78. The topological polar surface area (TPSA) is 81.3 Å². The molecule has 7 heteroatoms. The fourth-order valence-corrected chi connectivity index (χ4v) is 2.54. The van der Waals surface area contributed by atoms with Crippen LogP contribution in [0.25, 0.3) is 0 Å². The van der Waals surface area contributed by atoms with Gasteiger partial charge >= 0.3 is 0 Å². The molecule has 0 spiro atoms. The molecule has 2 aromatic carbocycles. The predicted octanol–water partition coefficient (Wildman–Crippen LogP) is 1.81. The molecule has 0 unspecified atom stereocenters. The minimum atomic E-state index is -1.25. The third-order valence-electron chi connectivity index (χ3n) is 2.88. The molecule has 2 aromatic rings. The van der Waals surface area contributed by atoms with Gasteiger partial charge in [-0.05, 0) is 42.0 Å². The van der Waals surface area contributed by atoms with Crippen LogP contribution in [0, 0.1) is 5.82 Å².